The van der Waals surface area contributed by atoms with Gasteiger partial charge in [0.1, 0.15) is 17.4 Å². The van der Waals surface area contributed by atoms with E-state index in [2.05, 4.69) is 22.0 Å². The van der Waals surface area contributed by atoms with Gasteiger partial charge in [0.2, 0.25) is 0 Å². The maximum Gasteiger partial charge on any atom is 0.318 e. The standard InChI is InChI=1S/C36H38FN7O3/c1-20-28-26(37)5-2-21-14-24(45)15-25(30(21)28)33-29(20)32-31(27-6-9-38-44(27)33)34(43-16-22-3-4-23(17-43)39-22)41-35(40-32)47-19-36(7-8-36)18-42-10-12-46-13-11-42/h2,5-6,9,14-15,20,22-23,39,45H,3-4,7-8,10-13,16-19H2,1H3. The number of nitrogens with zero attached hydrogens (tertiary/aromatic N) is 6. The van der Waals surface area contributed by atoms with Crippen LogP contribution in [0.5, 0.6) is 11.8 Å². The third kappa shape index (κ3) is 4.36. The van der Waals surface area contributed by atoms with Crippen LogP contribution in [-0.2, 0) is 4.74 Å². The number of fused-ring (bicyclic) bond motifs is 9. The lowest BCUT2D eigenvalue weighted by atomic mass is 9.78. The number of pyridine rings is 1. The van der Waals surface area contributed by atoms with E-state index >= 15 is 4.39 Å². The van der Waals surface area contributed by atoms with Gasteiger partial charge >= 0.3 is 6.01 Å². The number of nitrogens with one attached hydrogen (secondary N) is 1. The molecule has 5 aliphatic rings. The van der Waals surface area contributed by atoms with Gasteiger partial charge in [0.15, 0.2) is 0 Å². The molecule has 10 rings (SSSR count). The highest BCUT2D eigenvalue weighted by molar-refractivity contribution is 6.11. The van der Waals surface area contributed by atoms with Crippen molar-refractivity contribution in [3.05, 3.63) is 53.5 Å². The van der Waals surface area contributed by atoms with Crippen LogP contribution in [0.1, 0.15) is 49.7 Å². The van der Waals surface area contributed by atoms with Crippen molar-refractivity contribution in [2.24, 2.45) is 5.41 Å². The Morgan fingerprint density at radius 3 is 2.64 bits per heavy atom. The number of phenols is 1. The van der Waals surface area contributed by atoms with Crippen molar-refractivity contribution < 1.29 is 19.0 Å². The summed E-state index contributed by atoms with van der Waals surface area (Å²) in [5, 5.41) is 21.9. The van der Waals surface area contributed by atoms with Gasteiger partial charge in [-0.2, -0.15) is 15.1 Å². The topological polar surface area (TPSA) is 100 Å². The van der Waals surface area contributed by atoms with Crippen LogP contribution in [0.4, 0.5) is 10.2 Å². The number of phenolic OH excluding ortho intramolecular Hbond substituents is 1. The van der Waals surface area contributed by atoms with Crippen LogP contribution in [0.3, 0.4) is 0 Å². The lowest BCUT2D eigenvalue weighted by molar-refractivity contribution is 0.0231. The molecule has 2 aliphatic carbocycles. The highest BCUT2D eigenvalue weighted by Gasteiger charge is 2.45. The third-order valence-corrected chi connectivity index (χ3v) is 11.3. The Morgan fingerprint density at radius 1 is 1.04 bits per heavy atom. The molecule has 10 nitrogen and oxygen atoms in total. The highest BCUT2D eigenvalue weighted by atomic mass is 19.1. The van der Waals surface area contributed by atoms with Gasteiger partial charge in [0, 0.05) is 72.8 Å². The van der Waals surface area contributed by atoms with Gasteiger partial charge in [-0.3, -0.25) is 4.90 Å². The Morgan fingerprint density at radius 2 is 1.85 bits per heavy atom. The lowest BCUT2D eigenvalue weighted by Crippen LogP contribution is -2.51. The Kier molecular flexibility index (Phi) is 6.09. The van der Waals surface area contributed by atoms with Crippen molar-refractivity contribution in [2.45, 2.75) is 50.6 Å². The number of hydrogen-bond donors (Lipinski definition) is 2. The number of hydrogen-bond acceptors (Lipinski definition) is 9. The summed E-state index contributed by atoms with van der Waals surface area (Å²) in [4.78, 5) is 15.3. The maximum absolute atomic E-state index is 15.9. The Balaban J connectivity index is 1.18. The van der Waals surface area contributed by atoms with Gasteiger partial charge in [0.25, 0.3) is 0 Å². The third-order valence-electron chi connectivity index (χ3n) is 11.3. The molecule has 47 heavy (non-hydrogen) atoms. The molecule has 4 fully saturated rings. The maximum atomic E-state index is 15.9. The number of rotatable bonds is 6. The highest BCUT2D eigenvalue weighted by Crippen LogP contribution is 2.51. The molecule has 1 saturated carbocycles. The molecule has 11 heteroatoms. The molecule has 3 unspecified atom stereocenters. The molecule has 2 aromatic carbocycles. The zero-order chi connectivity index (χ0) is 31.4. The molecular formula is C36H38FN7O3. The fourth-order valence-corrected chi connectivity index (χ4v) is 8.87. The van der Waals surface area contributed by atoms with E-state index < -0.39 is 0 Å². The minimum atomic E-state index is -0.326. The number of halogens is 1. The van der Waals surface area contributed by atoms with Crippen LogP contribution >= 0.6 is 0 Å². The zero-order valence-electron chi connectivity index (χ0n) is 26.5. The van der Waals surface area contributed by atoms with Crippen LogP contribution < -0.4 is 15.0 Å². The summed E-state index contributed by atoms with van der Waals surface area (Å²) in [6.45, 7) is 8.76. The molecule has 0 amide bonds. The monoisotopic (exact) mass is 635 g/mol. The first-order valence-electron chi connectivity index (χ1n) is 17.1. The van der Waals surface area contributed by atoms with Crippen molar-refractivity contribution >= 4 is 33.0 Å². The van der Waals surface area contributed by atoms with Gasteiger partial charge in [-0.1, -0.05) is 13.0 Å². The van der Waals surface area contributed by atoms with Gasteiger partial charge in [-0.25, -0.2) is 8.91 Å². The molecular weight excluding hydrogens is 597 g/mol. The van der Waals surface area contributed by atoms with Crippen LogP contribution in [0, 0.1) is 11.2 Å². The molecule has 2 bridgehead atoms. The molecule has 3 aliphatic heterocycles. The Hall–Kier alpha value is -4.06. The fourth-order valence-electron chi connectivity index (χ4n) is 8.87. The van der Waals surface area contributed by atoms with Crippen LogP contribution in [0.15, 0.2) is 36.5 Å². The SMILES string of the molecule is CC1c2c(n3nccc3c3c(N4CC5CCC(C4)N5)nc(OCC4(CN5CCOCC5)CC4)nc23)-c2cc(O)cc3ccc(F)c1c23. The smallest absolute Gasteiger partial charge is 0.318 e. The molecule has 0 radical (unpaired) electrons. The number of ether oxygens (including phenoxy) is 2. The lowest BCUT2D eigenvalue weighted by Gasteiger charge is -2.35. The van der Waals surface area contributed by atoms with Gasteiger partial charge in [-0.05, 0) is 60.7 Å². The van der Waals surface area contributed by atoms with E-state index in [1.54, 1.807) is 24.4 Å². The fraction of sp³-hybridized carbons (Fsp3) is 0.472. The average molecular weight is 636 g/mol. The van der Waals surface area contributed by atoms with Gasteiger partial charge in [0.05, 0.1) is 48.1 Å². The van der Waals surface area contributed by atoms with Crippen molar-refractivity contribution in [3.63, 3.8) is 0 Å². The molecule has 3 aromatic heterocycles. The predicted octanol–water partition coefficient (Wildman–Crippen LogP) is 4.84. The normalized spacial score (nSPS) is 24.7. The summed E-state index contributed by atoms with van der Waals surface area (Å²) in [7, 11) is 0. The summed E-state index contributed by atoms with van der Waals surface area (Å²) in [5.74, 6) is 0.388. The number of piperazine rings is 1. The van der Waals surface area contributed by atoms with E-state index in [4.69, 9.17) is 24.5 Å². The summed E-state index contributed by atoms with van der Waals surface area (Å²) < 4.78 is 30.0. The van der Waals surface area contributed by atoms with E-state index in [-0.39, 0.29) is 22.9 Å². The Labute approximate surface area is 271 Å². The number of morpholine rings is 1. The molecule has 0 spiro atoms. The van der Waals surface area contributed by atoms with E-state index in [0.29, 0.717) is 30.3 Å². The van der Waals surface area contributed by atoms with Crippen molar-refractivity contribution in [3.8, 4) is 23.0 Å². The average Bonchev–Trinajstić information content (AvgIpc) is 3.50. The summed E-state index contributed by atoms with van der Waals surface area (Å²) >= 11 is 0. The second kappa shape index (κ2) is 10.2. The quantitative estimate of drug-likeness (QED) is 0.272. The van der Waals surface area contributed by atoms with Crippen LogP contribution in [-0.4, -0.2) is 94.2 Å². The number of aromatic hydroxyl groups is 1. The first-order valence-corrected chi connectivity index (χ1v) is 17.1. The molecule has 3 atom stereocenters. The Bertz CT molecular complexity index is 2080. The van der Waals surface area contributed by atoms with Gasteiger partial charge in [-0.15, -0.1) is 0 Å². The first kappa shape index (κ1) is 28.0. The summed E-state index contributed by atoms with van der Waals surface area (Å²) in [6.07, 6.45) is 6.35. The van der Waals surface area contributed by atoms with Crippen LogP contribution in [0.2, 0.25) is 0 Å². The second-order valence-corrected chi connectivity index (χ2v) is 14.4. The van der Waals surface area contributed by atoms with E-state index in [1.807, 2.05) is 10.6 Å². The largest absolute Gasteiger partial charge is 0.508 e. The minimum absolute atomic E-state index is 0.0985. The minimum Gasteiger partial charge on any atom is -0.508 e. The van der Waals surface area contributed by atoms with E-state index in [9.17, 15) is 5.11 Å². The van der Waals surface area contributed by atoms with Crippen molar-refractivity contribution in [1.29, 1.82) is 0 Å². The van der Waals surface area contributed by atoms with Crippen LogP contribution in [0.25, 0.3) is 38.4 Å². The second-order valence-electron chi connectivity index (χ2n) is 14.4. The number of anilines is 1. The molecule has 5 aromatic rings. The molecule has 3 saturated heterocycles. The molecule has 6 heterocycles. The number of benzene rings is 2. The predicted molar refractivity (Wildman–Crippen MR) is 177 cm³/mol. The van der Waals surface area contributed by atoms with E-state index in [0.717, 1.165) is 121 Å². The molecule has 2 N–H and O–H groups in total. The van der Waals surface area contributed by atoms with E-state index in [1.165, 1.54) is 6.07 Å². The zero-order valence-corrected chi connectivity index (χ0v) is 26.5. The number of aromatic nitrogens is 4. The molecule has 242 valence electrons. The van der Waals surface area contributed by atoms with Crippen molar-refractivity contribution in [1.82, 2.24) is 29.8 Å². The van der Waals surface area contributed by atoms with Crippen molar-refractivity contribution in [2.75, 3.05) is 57.4 Å². The summed E-state index contributed by atoms with van der Waals surface area (Å²) in [6, 6.07) is 9.88. The van der Waals surface area contributed by atoms with Gasteiger partial charge < -0.3 is 24.8 Å². The summed E-state index contributed by atoms with van der Waals surface area (Å²) in [5.41, 5.74) is 4.82. The first-order chi connectivity index (χ1) is 22.9.